The lowest BCUT2D eigenvalue weighted by Gasteiger charge is -2.35. The number of hydrogen-bond donors (Lipinski definition) is 2. The Balaban J connectivity index is 2.22. The minimum absolute atomic E-state index is 0.0178. The lowest BCUT2D eigenvalue weighted by molar-refractivity contribution is -0.126. The van der Waals surface area contributed by atoms with E-state index in [0.717, 1.165) is 45.4 Å². The SMILES string of the molecule is CCCCCNC(=O)C(C)N1CCC(NCC)CC1. The standard InChI is InChI=1S/C15H31N3O/c1-4-6-7-10-17-15(19)13(3)18-11-8-14(9-12-18)16-5-2/h13-14,16H,4-12H2,1-3H3,(H,17,19). The predicted octanol–water partition coefficient (Wildman–Crippen LogP) is 1.76. The summed E-state index contributed by atoms with van der Waals surface area (Å²) in [7, 11) is 0. The number of rotatable bonds is 8. The number of likely N-dealkylation sites (tertiary alicyclic amines) is 1. The highest BCUT2D eigenvalue weighted by molar-refractivity contribution is 5.81. The Kier molecular flexibility index (Phi) is 8.07. The van der Waals surface area contributed by atoms with Crippen LogP contribution in [-0.2, 0) is 4.79 Å². The van der Waals surface area contributed by atoms with Crippen LogP contribution >= 0.6 is 0 Å². The van der Waals surface area contributed by atoms with Crippen LogP contribution in [-0.4, -0.2) is 49.1 Å². The molecule has 1 fully saturated rings. The van der Waals surface area contributed by atoms with Gasteiger partial charge in [-0.15, -0.1) is 0 Å². The van der Waals surface area contributed by atoms with E-state index >= 15 is 0 Å². The van der Waals surface area contributed by atoms with Crippen LogP contribution < -0.4 is 10.6 Å². The van der Waals surface area contributed by atoms with Gasteiger partial charge in [-0.2, -0.15) is 0 Å². The van der Waals surface area contributed by atoms with Gasteiger partial charge in [0, 0.05) is 25.7 Å². The largest absolute Gasteiger partial charge is 0.355 e. The van der Waals surface area contributed by atoms with Gasteiger partial charge in [0.15, 0.2) is 0 Å². The second-order valence-electron chi connectivity index (χ2n) is 5.54. The van der Waals surface area contributed by atoms with E-state index in [1.54, 1.807) is 0 Å². The number of unbranched alkanes of at least 4 members (excludes halogenated alkanes) is 2. The summed E-state index contributed by atoms with van der Waals surface area (Å²) in [4.78, 5) is 14.4. The second-order valence-corrected chi connectivity index (χ2v) is 5.54. The normalized spacial score (nSPS) is 19.3. The predicted molar refractivity (Wildman–Crippen MR) is 80.3 cm³/mol. The van der Waals surface area contributed by atoms with Gasteiger partial charge in [0.1, 0.15) is 0 Å². The Morgan fingerprint density at radius 3 is 2.53 bits per heavy atom. The van der Waals surface area contributed by atoms with Crippen molar-refractivity contribution in [3.63, 3.8) is 0 Å². The maximum atomic E-state index is 12.0. The molecule has 0 aromatic heterocycles. The fourth-order valence-corrected chi connectivity index (χ4v) is 2.68. The summed E-state index contributed by atoms with van der Waals surface area (Å²) in [6.45, 7) is 10.3. The first kappa shape index (κ1) is 16.4. The smallest absolute Gasteiger partial charge is 0.237 e. The van der Waals surface area contributed by atoms with E-state index < -0.39 is 0 Å². The maximum Gasteiger partial charge on any atom is 0.237 e. The molecule has 0 bridgehead atoms. The highest BCUT2D eigenvalue weighted by Crippen LogP contribution is 2.13. The number of amides is 1. The zero-order valence-corrected chi connectivity index (χ0v) is 12.9. The molecule has 0 aliphatic carbocycles. The summed E-state index contributed by atoms with van der Waals surface area (Å²) >= 11 is 0. The van der Waals surface area contributed by atoms with E-state index in [4.69, 9.17) is 0 Å². The topological polar surface area (TPSA) is 44.4 Å². The third kappa shape index (κ3) is 5.91. The number of nitrogens with zero attached hydrogens (tertiary/aromatic N) is 1. The maximum absolute atomic E-state index is 12.0. The van der Waals surface area contributed by atoms with Crippen LogP contribution in [0.25, 0.3) is 0 Å². The first-order valence-electron chi connectivity index (χ1n) is 7.94. The van der Waals surface area contributed by atoms with Crippen LogP contribution in [0.5, 0.6) is 0 Å². The van der Waals surface area contributed by atoms with Gasteiger partial charge < -0.3 is 10.6 Å². The van der Waals surface area contributed by atoms with E-state index in [1.807, 2.05) is 6.92 Å². The monoisotopic (exact) mass is 269 g/mol. The molecular weight excluding hydrogens is 238 g/mol. The van der Waals surface area contributed by atoms with Crippen LogP contribution in [0.2, 0.25) is 0 Å². The Morgan fingerprint density at radius 1 is 1.26 bits per heavy atom. The molecule has 1 unspecified atom stereocenters. The zero-order chi connectivity index (χ0) is 14.1. The summed E-state index contributed by atoms with van der Waals surface area (Å²) < 4.78 is 0. The molecule has 0 radical (unpaired) electrons. The minimum atomic E-state index is 0.0178. The number of carbonyl (C=O) groups is 1. The molecule has 4 nitrogen and oxygen atoms in total. The highest BCUT2D eigenvalue weighted by atomic mass is 16.2. The van der Waals surface area contributed by atoms with Crippen LogP contribution in [0.1, 0.15) is 52.9 Å². The molecule has 1 saturated heterocycles. The molecule has 2 N–H and O–H groups in total. The molecule has 0 spiro atoms. The average molecular weight is 269 g/mol. The summed E-state index contributed by atoms with van der Waals surface area (Å²) in [5, 5.41) is 6.55. The van der Waals surface area contributed by atoms with E-state index in [-0.39, 0.29) is 11.9 Å². The van der Waals surface area contributed by atoms with Crippen molar-refractivity contribution in [2.24, 2.45) is 0 Å². The van der Waals surface area contributed by atoms with Gasteiger partial charge in [0.25, 0.3) is 0 Å². The van der Waals surface area contributed by atoms with Gasteiger partial charge in [-0.05, 0) is 32.7 Å². The van der Waals surface area contributed by atoms with Crippen molar-refractivity contribution in [1.82, 2.24) is 15.5 Å². The summed E-state index contributed by atoms with van der Waals surface area (Å²) in [6, 6.07) is 0.658. The second kappa shape index (κ2) is 9.32. The third-order valence-corrected chi connectivity index (χ3v) is 4.03. The lowest BCUT2D eigenvalue weighted by Crippen LogP contribution is -2.51. The Morgan fingerprint density at radius 2 is 1.95 bits per heavy atom. The molecule has 1 amide bonds. The van der Waals surface area contributed by atoms with Crippen molar-refractivity contribution >= 4 is 5.91 Å². The van der Waals surface area contributed by atoms with Crippen LogP contribution in [0, 0.1) is 0 Å². The summed E-state index contributed by atoms with van der Waals surface area (Å²) in [6.07, 6.45) is 5.80. The molecule has 0 aromatic rings. The quantitative estimate of drug-likeness (QED) is 0.660. The molecule has 112 valence electrons. The number of nitrogens with one attached hydrogen (secondary N) is 2. The molecule has 4 heteroatoms. The minimum Gasteiger partial charge on any atom is -0.355 e. The fraction of sp³-hybridized carbons (Fsp3) is 0.933. The number of hydrogen-bond acceptors (Lipinski definition) is 3. The van der Waals surface area contributed by atoms with Crippen molar-refractivity contribution in [3.05, 3.63) is 0 Å². The summed E-state index contributed by atoms with van der Waals surface area (Å²) in [5.41, 5.74) is 0. The first-order chi connectivity index (χ1) is 9.19. The highest BCUT2D eigenvalue weighted by Gasteiger charge is 2.25. The van der Waals surface area contributed by atoms with Crippen molar-refractivity contribution in [2.45, 2.75) is 65.0 Å². The Labute approximate surface area is 118 Å². The molecule has 1 atom stereocenters. The van der Waals surface area contributed by atoms with Crippen LogP contribution in [0.15, 0.2) is 0 Å². The summed E-state index contributed by atoms with van der Waals surface area (Å²) in [5.74, 6) is 0.193. The molecule has 1 rings (SSSR count). The van der Waals surface area contributed by atoms with E-state index in [2.05, 4.69) is 29.4 Å². The van der Waals surface area contributed by atoms with E-state index in [1.165, 1.54) is 12.8 Å². The molecule has 1 heterocycles. The first-order valence-corrected chi connectivity index (χ1v) is 7.94. The van der Waals surface area contributed by atoms with Crippen molar-refractivity contribution < 1.29 is 4.79 Å². The Hall–Kier alpha value is -0.610. The van der Waals surface area contributed by atoms with Gasteiger partial charge in [-0.1, -0.05) is 26.7 Å². The van der Waals surface area contributed by atoms with Gasteiger partial charge in [0.2, 0.25) is 5.91 Å². The van der Waals surface area contributed by atoms with Crippen molar-refractivity contribution in [3.8, 4) is 0 Å². The lowest BCUT2D eigenvalue weighted by atomic mass is 10.0. The molecule has 1 aliphatic heterocycles. The number of piperidine rings is 1. The van der Waals surface area contributed by atoms with Gasteiger partial charge >= 0.3 is 0 Å². The van der Waals surface area contributed by atoms with E-state index in [9.17, 15) is 4.79 Å². The van der Waals surface area contributed by atoms with Crippen molar-refractivity contribution in [2.75, 3.05) is 26.2 Å². The Bertz CT molecular complexity index is 250. The molecule has 1 aliphatic rings. The van der Waals surface area contributed by atoms with E-state index in [0.29, 0.717) is 6.04 Å². The average Bonchev–Trinajstić information content (AvgIpc) is 2.44. The molecule has 0 aromatic carbocycles. The molecule has 0 saturated carbocycles. The zero-order valence-electron chi connectivity index (χ0n) is 12.9. The number of carbonyl (C=O) groups excluding carboxylic acids is 1. The van der Waals surface area contributed by atoms with Gasteiger partial charge in [-0.3, -0.25) is 9.69 Å². The van der Waals surface area contributed by atoms with Gasteiger partial charge in [0.05, 0.1) is 6.04 Å². The van der Waals surface area contributed by atoms with Crippen LogP contribution in [0.4, 0.5) is 0 Å². The van der Waals surface area contributed by atoms with Gasteiger partial charge in [-0.25, -0.2) is 0 Å². The molecular formula is C15H31N3O. The third-order valence-electron chi connectivity index (χ3n) is 4.03. The molecule has 19 heavy (non-hydrogen) atoms. The van der Waals surface area contributed by atoms with Crippen LogP contribution in [0.3, 0.4) is 0 Å². The van der Waals surface area contributed by atoms with Crippen molar-refractivity contribution in [1.29, 1.82) is 0 Å². The fourth-order valence-electron chi connectivity index (χ4n) is 2.68.